The first-order chi connectivity index (χ1) is 13.0. The van der Waals surface area contributed by atoms with E-state index < -0.39 is 0 Å². The molecule has 0 atom stereocenters. The average Bonchev–Trinajstić information content (AvgIpc) is 3.02. The predicted molar refractivity (Wildman–Crippen MR) is 103 cm³/mol. The lowest BCUT2D eigenvalue weighted by molar-refractivity contribution is 0.0962. The zero-order chi connectivity index (χ0) is 19.1. The van der Waals surface area contributed by atoms with Crippen molar-refractivity contribution in [2.75, 3.05) is 27.2 Å². The summed E-state index contributed by atoms with van der Waals surface area (Å²) in [7, 11) is 4.00. The molecular formula is C21H18ClNO4. The van der Waals surface area contributed by atoms with Gasteiger partial charge >= 0.3 is 0 Å². The number of carbonyl (C=O) groups is 2. The van der Waals surface area contributed by atoms with Crippen LogP contribution in [0.1, 0.15) is 38.5 Å². The Balaban J connectivity index is 1.72. The molecule has 0 bridgehead atoms. The van der Waals surface area contributed by atoms with E-state index in [1.807, 2.05) is 14.1 Å². The van der Waals surface area contributed by atoms with Gasteiger partial charge in [0.25, 0.3) is 0 Å². The molecule has 1 aliphatic carbocycles. The summed E-state index contributed by atoms with van der Waals surface area (Å²) < 4.78 is 11.5. The summed E-state index contributed by atoms with van der Waals surface area (Å²) in [5.41, 5.74) is 1.44. The molecule has 0 spiro atoms. The lowest BCUT2D eigenvalue weighted by Gasteiger charge is -2.12. The van der Waals surface area contributed by atoms with Crippen molar-refractivity contribution in [3.8, 4) is 5.75 Å². The van der Waals surface area contributed by atoms with Crippen LogP contribution in [0.3, 0.4) is 0 Å². The Kier molecular flexibility index (Phi) is 4.50. The van der Waals surface area contributed by atoms with Gasteiger partial charge in [0.15, 0.2) is 11.5 Å². The van der Waals surface area contributed by atoms with E-state index in [-0.39, 0.29) is 22.9 Å². The molecule has 0 amide bonds. The number of ether oxygens (including phenoxy) is 1. The summed E-state index contributed by atoms with van der Waals surface area (Å²) >= 11 is 6.36. The smallest absolute Gasteiger partial charge is 0.229 e. The molecule has 3 aromatic rings. The Bertz CT molecular complexity index is 1070. The van der Waals surface area contributed by atoms with E-state index in [2.05, 4.69) is 4.90 Å². The van der Waals surface area contributed by atoms with Crippen LogP contribution in [0.15, 0.2) is 40.8 Å². The Morgan fingerprint density at radius 2 is 1.78 bits per heavy atom. The fourth-order valence-electron chi connectivity index (χ4n) is 3.29. The average molecular weight is 384 g/mol. The third kappa shape index (κ3) is 3.03. The minimum Gasteiger partial charge on any atom is -0.492 e. The van der Waals surface area contributed by atoms with Crippen LogP contribution in [0.4, 0.5) is 0 Å². The molecule has 0 unspecified atom stereocenters. The van der Waals surface area contributed by atoms with Crippen molar-refractivity contribution >= 4 is 34.1 Å². The second kappa shape index (κ2) is 6.83. The monoisotopic (exact) mass is 383 g/mol. The highest BCUT2D eigenvalue weighted by atomic mass is 35.5. The number of carbonyl (C=O) groups excluding carboxylic acids is 2. The minimum absolute atomic E-state index is 0.0644. The van der Waals surface area contributed by atoms with E-state index in [4.69, 9.17) is 20.8 Å². The van der Waals surface area contributed by atoms with Crippen LogP contribution in [-0.2, 0) is 0 Å². The predicted octanol–water partition coefficient (Wildman–Crippen LogP) is 4.19. The standard InChI is InChI=1S/C21H18ClNO4/c1-23(2)8-5-9-26-17-11-16-14(10-15(17)22)18-19(24)12-6-3-4-7-13(12)20(25)21(18)27-16/h3-4,6-7,10-11H,5,8-9H2,1-2H3. The van der Waals surface area contributed by atoms with Gasteiger partial charge in [0.05, 0.1) is 17.2 Å². The molecule has 6 heteroatoms. The maximum atomic E-state index is 12.9. The number of furan rings is 1. The number of ketones is 2. The largest absolute Gasteiger partial charge is 0.492 e. The molecule has 138 valence electrons. The van der Waals surface area contributed by atoms with Gasteiger partial charge < -0.3 is 14.1 Å². The van der Waals surface area contributed by atoms with Gasteiger partial charge in [-0.3, -0.25) is 9.59 Å². The molecule has 0 saturated carbocycles. The summed E-state index contributed by atoms with van der Waals surface area (Å²) in [6, 6.07) is 10.0. The molecule has 1 aliphatic rings. The summed E-state index contributed by atoms with van der Waals surface area (Å²) in [5.74, 6) is 0.0246. The van der Waals surface area contributed by atoms with E-state index in [0.29, 0.717) is 39.5 Å². The topological polar surface area (TPSA) is 59.8 Å². The van der Waals surface area contributed by atoms with Crippen molar-refractivity contribution in [2.45, 2.75) is 6.42 Å². The van der Waals surface area contributed by atoms with Crippen LogP contribution in [0.5, 0.6) is 5.75 Å². The lowest BCUT2D eigenvalue weighted by atomic mass is 9.87. The van der Waals surface area contributed by atoms with Gasteiger partial charge in [-0.2, -0.15) is 0 Å². The normalized spacial score (nSPS) is 13.2. The number of hydrogen-bond donors (Lipinski definition) is 0. The fraction of sp³-hybridized carbons (Fsp3) is 0.238. The number of fused-ring (bicyclic) bond motifs is 4. The van der Waals surface area contributed by atoms with Crippen LogP contribution in [-0.4, -0.2) is 43.7 Å². The molecule has 0 fully saturated rings. The van der Waals surface area contributed by atoms with Crippen LogP contribution < -0.4 is 4.74 Å². The highest BCUT2D eigenvalue weighted by molar-refractivity contribution is 6.35. The van der Waals surface area contributed by atoms with Crippen LogP contribution in [0.2, 0.25) is 5.02 Å². The molecular weight excluding hydrogens is 366 g/mol. The molecule has 1 aromatic heterocycles. The van der Waals surface area contributed by atoms with E-state index in [9.17, 15) is 9.59 Å². The van der Waals surface area contributed by atoms with Gasteiger partial charge in [0.1, 0.15) is 11.3 Å². The Labute approximate surface area is 161 Å². The summed E-state index contributed by atoms with van der Waals surface area (Å²) in [4.78, 5) is 27.7. The maximum absolute atomic E-state index is 12.9. The molecule has 27 heavy (non-hydrogen) atoms. The first kappa shape index (κ1) is 17.8. The second-order valence-corrected chi connectivity index (χ2v) is 7.20. The molecule has 0 aliphatic heterocycles. The van der Waals surface area contributed by atoms with E-state index in [0.717, 1.165) is 13.0 Å². The zero-order valence-corrected chi connectivity index (χ0v) is 15.8. The fourth-order valence-corrected chi connectivity index (χ4v) is 3.51. The van der Waals surface area contributed by atoms with Gasteiger partial charge in [0.2, 0.25) is 5.78 Å². The molecule has 4 rings (SSSR count). The molecule has 0 saturated heterocycles. The number of hydrogen-bond acceptors (Lipinski definition) is 5. The number of halogens is 1. The molecule has 0 radical (unpaired) electrons. The van der Waals surface area contributed by atoms with Gasteiger partial charge in [-0.1, -0.05) is 35.9 Å². The Morgan fingerprint density at radius 3 is 2.48 bits per heavy atom. The minimum atomic E-state index is -0.291. The lowest BCUT2D eigenvalue weighted by Crippen LogP contribution is -2.19. The first-order valence-electron chi connectivity index (χ1n) is 8.69. The van der Waals surface area contributed by atoms with Crippen molar-refractivity contribution < 1.29 is 18.7 Å². The second-order valence-electron chi connectivity index (χ2n) is 6.79. The summed E-state index contributed by atoms with van der Waals surface area (Å²) in [6.07, 6.45) is 0.850. The van der Waals surface area contributed by atoms with Crippen LogP contribution in [0, 0.1) is 0 Å². The van der Waals surface area contributed by atoms with Gasteiger partial charge in [-0.05, 0) is 26.6 Å². The van der Waals surface area contributed by atoms with E-state index in [1.165, 1.54) is 0 Å². The van der Waals surface area contributed by atoms with Crippen molar-refractivity contribution in [2.24, 2.45) is 0 Å². The summed E-state index contributed by atoms with van der Waals surface area (Å²) in [5, 5.41) is 0.915. The number of rotatable bonds is 5. The van der Waals surface area contributed by atoms with Crippen LogP contribution >= 0.6 is 11.6 Å². The highest BCUT2D eigenvalue weighted by Gasteiger charge is 2.35. The number of benzene rings is 2. The molecule has 0 N–H and O–H groups in total. The first-order valence-corrected chi connectivity index (χ1v) is 9.07. The van der Waals surface area contributed by atoms with E-state index >= 15 is 0 Å². The zero-order valence-electron chi connectivity index (χ0n) is 15.0. The third-order valence-corrected chi connectivity index (χ3v) is 4.89. The number of nitrogens with zero attached hydrogens (tertiary/aromatic N) is 1. The van der Waals surface area contributed by atoms with Crippen molar-refractivity contribution in [3.05, 3.63) is 63.9 Å². The van der Waals surface area contributed by atoms with E-state index in [1.54, 1.807) is 36.4 Å². The molecule has 1 heterocycles. The SMILES string of the molecule is CN(C)CCCOc1cc2oc3c(c2cc1Cl)C(=O)c1ccccc1C3=O. The quantitative estimate of drug-likeness (QED) is 0.483. The van der Waals surface area contributed by atoms with Gasteiger partial charge in [-0.15, -0.1) is 0 Å². The molecule has 2 aromatic carbocycles. The van der Waals surface area contributed by atoms with Gasteiger partial charge in [0, 0.05) is 29.1 Å². The highest BCUT2D eigenvalue weighted by Crippen LogP contribution is 2.39. The van der Waals surface area contributed by atoms with Gasteiger partial charge in [-0.25, -0.2) is 0 Å². The van der Waals surface area contributed by atoms with Crippen LogP contribution in [0.25, 0.3) is 11.0 Å². The maximum Gasteiger partial charge on any atom is 0.229 e. The molecule has 5 nitrogen and oxygen atoms in total. The third-order valence-electron chi connectivity index (χ3n) is 4.60. The van der Waals surface area contributed by atoms with Crippen molar-refractivity contribution in [3.63, 3.8) is 0 Å². The Hall–Kier alpha value is -2.63. The Morgan fingerprint density at radius 1 is 1.07 bits per heavy atom. The summed E-state index contributed by atoms with van der Waals surface area (Å²) in [6.45, 7) is 1.41. The van der Waals surface area contributed by atoms with Crippen molar-refractivity contribution in [1.82, 2.24) is 4.90 Å². The van der Waals surface area contributed by atoms with Crippen molar-refractivity contribution in [1.29, 1.82) is 0 Å².